The van der Waals surface area contributed by atoms with Crippen LogP contribution >= 0.6 is 11.6 Å². The lowest BCUT2D eigenvalue weighted by Crippen LogP contribution is -2.49. The summed E-state index contributed by atoms with van der Waals surface area (Å²) in [6, 6.07) is 7.47. The van der Waals surface area contributed by atoms with Crippen molar-refractivity contribution in [2.45, 2.75) is 32.8 Å². The second kappa shape index (κ2) is 12.7. The zero-order chi connectivity index (χ0) is 31.6. The highest BCUT2D eigenvalue weighted by atomic mass is 35.5. The molecule has 3 amide bonds. The van der Waals surface area contributed by atoms with Crippen LogP contribution in [0.15, 0.2) is 42.7 Å². The number of benzene rings is 1. The van der Waals surface area contributed by atoms with E-state index in [1.165, 1.54) is 29.3 Å². The average molecular weight is 625 g/mol. The Morgan fingerprint density at radius 3 is 2.66 bits per heavy atom. The van der Waals surface area contributed by atoms with Crippen LogP contribution in [-0.4, -0.2) is 89.7 Å². The number of halogens is 2. The summed E-state index contributed by atoms with van der Waals surface area (Å²) in [5.74, 6) is -0.395. The normalized spacial score (nSPS) is 15.5. The van der Waals surface area contributed by atoms with Gasteiger partial charge in [-0.25, -0.2) is 14.2 Å². The number of carbonyl (C=O) groups is 3. The van der Waals surface area contributed by atoms with Crippen molar-refractivity contribution in [3.8, 4) is 28.1 Å². The Hall–Kier alpha value is -4.29. The van der Waals surface area contributed by atoms with Crippen LogP contribution in [-0.2, 0) is 14.3 Å². The number of hydrogen-bond acceptors (Lipinski definition) is 8. The lowest BCUT2D eigenvalue weighted by atomic mass is 10.0. The first-order valence-corrected chi connectivity index (χ1v) is 14.6. The minimum atomic E-state index is -0.761. The number of nitrogens with zero attached hydrogens (tertiary/aromatic N) is 5. The summed E-state index contributed by atoms with van der Waals surface area (Å²) in [5.41, 5.74) is 1.01. The van der Waals surface area contributed by atoms with Crippen LogP contribution in [0.5, 0.6) is 5.75 Å². The van der Waals surface area contributed by atoms with Crippen molar-refractivity contribution < 1.29 is 28.2 Å². The molecule has 44 heavy (non-hydrogen) atoms. The van der Waals surface area contributed by atoms with E-state index in [0.717, 1.165) is 6.54 Å². The number of anilines is 2. The highest BCUT2D eigenvalue weighted by Crippen LogP contribution is 2.43. The fourth-order valence-corrected chi connectivity index (χ4v) is 5.08. The number of amides is 3. The van der Waals surface area contributed by atoms with Crippen LogP contribution in [0.3, 0.4) is 0 Å². The number of rotatable bonds is 6. The molecular weight excluding hydrogens is 591 g/mol. The minimum Gasteiger partial charge on any atom is -0.487 e. The first-order chi connectivity index (χ1) is 20.9. The van der Waals surface area contributed by atoms with Gasteiger partial charge in [0, 0.05) is 54.0 Å². The van der Waals surface area contributed by atoms with Crippen molar-refractivity contribution in [3.63, 3.8) is 0 Å². The van der Waals surface area contributed by atoms with Gasteiger partial charge in [0.25, 0.3) is 0 Å². The summed E-state index contributed by atoms with van der Waals surface area (Å²) in [6.07, 6.45) is 2.57. The number of carbonyl (C=O) groups excluding carboxylic acids is 3. The van der Waals surface area contributed by atoms with Crippen molar-refractivity contribution in [1.82, 2.24) is 19.8 Å². The Morgan fingerprint density at radius 1 is 1.11 bits per heavy atom. The van der Waals surface area contributed by atoms with E-state index >= 15 is 4.39 Å². The molecule has 4 heterocycles. The SMILES string of the molecule is CN1CCN(CCC(=O)Nc2cncc(-c3cc(-c4cc(Cl)ccc4F)nc4c3OCCN4C(=O)OC(C)(C)C)c2)C(=O)C1. The first-order valence-electron chi connectivity index (χ1n) is 14.2. The van der Waals surface area contributed by atoms with Gasteiger partial charge >= 0.3 is 6.09 Å². The molecule has 2 aliphatic heterocycles. The summed E-state index contributed by atoms with van der Waals surface area (Å²) in [5, 5.41) is 3.16. The largest absolute Gasteiger partial charge is 0.487 e. The highest BCUT2D eigenvalue weighted by Gasteiger charge is 2.32. The molecule has 0 radical (unpaired) electrons. The fraction of sp³-hybridized carbons (Fsp3) is 0.387. The van der Waals surface area contributed by atoms with Crippen molar-refractivity contribution in [1.29, 1.82) is 0 Å². The van der Waals surface area contributed by atoms with Gasteiger partial charge in [0.2, 0.25) is 11.8 Å². The summed E-state index contributed by atoms with van der Waals surface area (Å²) >= 11 is 6.20. The Morgan fingerprint density at radius 2 is 1.91 bits per heavy atom. The predicted molar refractivity (Wildman–Crippen MR) is 164 cm³/mol. The van der Waals surface area contributed by atoms with E-state index in [2.05, 4.69) is 15.3 Å². The molecule has 11 nitrogen and oxygen atoms in total. The van der Waals surface area contributed by atoms with E-state index in [1.807, 2.05) is 11.9 Å². The van der Waals surface area contributed by atoms with Crippen LogP contribution in [0.4, 0.5) is 20.7 Å². The summed E-state index contributed by atoms with van der Waals surface area (Å²) in [6.45, 7) is 7.59. The third-order valence-corrected chi connectivity index (χ3v) is 7.28. The molecule has 1 saturated heterocycles. The average Bonchev–Trinajstić information content (AvgIpc) is 2.96. The van der Waals surface area contributed by atoms with E-state index < -0.39 is 17.5 Å². The molecule has 0 aliphatic carbocycles. The van der Waals surface area contributed by atoms with Crippen LogP contribution < -0.4 is 15.0 Å². The van der Waals surface area contributed by atoms with Crippen LogP contribution in [0.2, 0.25) is 5.02 Å². The third kappa shape index (κ3) is 7.25. The lowest BCUT2D eigenvalue weighted by molar-refractivity contribution is -0.135. The van der Waals surface area contributed by atoms with Crippen molar-refractivity contribution in [2.75, 3.05) is 56.6 Å². The molecule has 5 rings (SSSR count). The number of fused-ring (bicyclic) bond motifs is 1. The van der Waals surface area contributed by atoms with Gasteiger partial charge < -0.3 is 19.7 Å². The van der Waals surface area contributed by atoms with Gasteiger partial charge in [0.1, 0.15) is 18.0 Å². The zero-order valence-corrected chi connectivity index (χ0v) is 25.8. The molecule has 0 atom stereocenters. The van der Waals surface area contributed by atoms with Crippen LogP contribution in [0.1, 0.15) is 27.2 Å². The Labute approximate surface area is 259 Å². The molecular formula is C31H34ClFN6O5. The highest BCUT2D eigenvalue weighted by molar-refractivity contribution is 6.30. The van der Waals surface area contributed by atoms with Crippen molar-refractivity contribution in [3.05, 3.63) is 53.6 Å². The van der Waals surface area contributed by atoms with Gasteiger partial charge in [0.15, 0.2) is 11.6 Å². The smallest absolute Gasteiger partial charge is 0.416 e. The van der Waals surface area contributed by atoms with Crippen LogP contribution in [0.25, 0.3) is 22.4 Å². The van der Waals surface area contributed by atoms with Gasteiger partial charge in [-0.3, -0.25) is 24.4 Å². The molecule has 2 aromatic heterocycles. The van der Waals surface area contributed by atoms with Crippen LogP contribution in [0, 0.1) is 5.82 Å². The standard InChI is InChI=1S/C31H34ClFN6O5/c1-31(2,3)44-30(42)39-11-12-43-28-22(15-25(36-29(28)39)23-14-20(32)5-6-24(23)33)19-13-21(17-34-16-19)35-26(40)7-8-38-10-9-37(4)18-27(38)41/h5-6,13-17H,7-12,18H2,1-4H3,(H,35,40). The molecule has 1 aromatic carbocycles. The zero-order valence-electron chi connectivity index (χ0n) is 25.0. The quantitative estimate of drug-likeness (QED) is 0.414. The summed E-state index contributed by atoms with van der Waals surface area (Å²) in [7, 11) is 1.89. The Bertz CT molecular complexity index is 1600. The first kappa shape index (κ1) is 31.1. The van der Waals surface area contributed by atoms with E-state index in [9.17, 15) is 14.4 Å². The molecule has 13 heteroatoms. The molecule has 232 valence electrons. The minimum absolute atomic E-state index is 0.00922. The molecule has 3 aromatic rings. The monoisotopic (exact) mass is 624 g/mol. The number of pyridine rings is 2. The molecule has 0 unspecified atom stereocenters. The Balaban J connectivity index is 1.47. The number of aromatic nitrogens is 2. The summed E-state index contributed by atoms with van der Waals surface area (Å²) in [4.78, 5) is 52.2. The van der Waals surface area contributed by atoms with Gasteiger partial charge in [-0.05, 0) is 58.2 Å². The lowest BCUT2D eigenvalue weighted by Gasteiger charge is -2.32. The predicted octanol–water partition coefficient (Wildman–Crippen LogP) is 4.84. The van der Waals surface area contributed by atoms with E-state index in [4.69, 9.17) is 21.1 Å². The molecule has 0 spiro atoms. The van der Waals surface area contributed by atoms with Gasteiger partial charge in [-0.15, -0.1) is 0 Å². The van der Waals surface area contributed by atoms with Crippen molar-refractivity contribution in [2.24, 2.45) is 0 Å². The number of piperazine rings is 1. The molecule has 1 fully saturated rings. The maximum Gasteiger partial charge on any atom is 0.416 e. The molecule has 0 bridgehead atoms. The van der Waals surface area contributed by atoms with Crippen molar-refractivity contribution >= 4 is 41.0 Å². The number of nitrogens with one attached hydrogen (secondary N) is 1. The van der Waals surface area contributed by atoms with Gasteiger partial charge in [-0.2, -0.15) is 0 Å². The number of likely N-dealkylation sites (N-methyl/N-ethyl adjacent to an activating group) is 1. The van der Waals surface area contributed by atoms with E-state index in [-0.39, 0.29) is 54.2 Å². The Kier molecular flexibility index (Phi) is 9.02. The summed E-state index contributed by atoms with van der Waals surface area (Å²) < 4.78 is 26.7. The third-order valence-electron chi connectivity index (χ3n) is 7.04. The van der Waals surface area contributed by atoms with Gasteiger partial charge in [-0.1, -0.05) is 11.6 Å². The fourth-order valence-electron chi connectivity index (χ4n) is 4.91. The molecule has 0 saturated carbocycles. The van der Waals surface area contributed by atoms with E-state index in [1.54, 1.807) is 44.0 Å². The maximum absolute atomic E-state index is 15.0. The molecule has 2 aliphatic rings. The van der Waals surface area contributed by atoms with E-state index in [0.29, 0.717) is 41.5 Å². The second-order valence-corrected chi connectivity index (χ2v) is 12.1. The number of ether oxygens (including phenoxy) is 2. The second-order valence-electron chi connectivity index (χ2n) is 11.7. The maximum atomic E-state index is 15.0. The topological polar surface area (TPSA) is 117 Å². The number of hydrogen-bond donors (Lipinski definition) is 1. The molecule has 1 N–H and O–H groups in total. The van der Waals surface area contributed by atoms with Gasteiger partial charge in [0.05, 0.1) is 30.7 Å².